The molecule has 2 aliphatic rings. The molecule has 4 rings (SSSR count). The topological polar surface area (TPSA) is 107 Å². The molecule has 0 unspecified atom stereocenters. The molecule has 2 aliphatic heterocycles. The van der Waals surface area contributed by atoms with Crippen molar-refractivity contribution >= 4 is 23.2 Å². The maximum absolute atomic E-state index is 12.7. The third-order valence-electron chi connectivity index (χ3n) is 6.08. The molecule has 2 aromatic rings. The van der Waals surface area contributed by atoms with Crippen LogP contribution in [0.15, 0.2) is 35.6 Å². The maximum atomic E-state index is 12.7. The molecular formula is C23H27N5O4. The van der Waals surface area contributed by atoms with Crippen LogP contribution < -0.4 is 4.74 Å². The van der Waals surface area contributed by atoms with E-state index >= 15 is 0 Å². The molecule has 32 heavy (non-hydrogen) atoms. The van der Waals surface area contributed by atoms with E-state index in [1.54, 1.807) is 29.1 Å². The first kappa shape index (κ1) is 21.9. The molecule has 9 nitrogen and oxygen atoms in total. The van der Waals surface area contributed by atoms with Crippen LogP contribution in [0.5, 0.6) is 5.88 Å². The molecule has 0 bridgehead atoms. The van der Waals surface area contributed by atoms with Gasteiger partial charge in [-0.15, -0.1) is 10.2 Å². The second-order valence-corrected chi connectivity index (χ2v) is 8.16. The zero-order valence-electron chi connectivity index (χ0n) is 18.2. The second-order valence-electron chi connectivity index (χ2n) is 8.16. The summed E-state index contributed by atoms with van der Waals surface area (Å²) in [5.74, 6) is 0.403. The first-order chi connectivity index (χ1) is 15.5. The van der Waals surface area contributed by atoms with Crippen molar-refractivity contribution in [3.05, 3.63) is 41.9 Å². The van der Waals surface area contributed by atoms with E-state index in [0.717, 1.165) is 5.71 Å². The number of hydrogen-bond acceptors (Lipinski definition) is 7. The normalized spacial score (nSPS) is 16.8. The minimum absolute atomic E-state index is 0.0300. The summed E-state index contributed by atoms with van der Waals surface area (Å²) < 4.78 is 6.62. The van der Waals surface area contributed by atoms with E-state index in [2.05, 4.69) is 15.3 Å². The number of hydrogen-bond donors (Lipinski definition) is 0. The van der Waals surface area contributed by atoms with Gasteiger partial charge in [0.05, 0.1) is 7.11 Å². The molecule has 0 aliphatic carbocycles. The van der Waals surface area contributed by atoms with Crippen molar-refractivity contribution in [2.75, 3.05) is 20.2 Å². The number of carbonyl (C=O) groups excluding carboxylic acids is 3. The van der Waals surface area contributed by atoms with Gasteiger partial charge in [-0.3, -0.25) is 14.4 Å². The van der Waals surface area contributed by atoms with E-state index in [4.69, 9.17) is 4.74 Å². The number of aromatic nitrogens is 3. The molecule has 1 fully saturated rings. The van der Waals surface area contributed by atoms with Gasteiger partial charge in [0.15, 0.2) is 11.6 Å². The Morgan fingerprint density at radius 2 is 1.94 bits per heavy atom. The van der Waals surface area contributed by atoms with Crippen LogP contribution in [0.3, 0.4) is 0 Å². The third-order valence-corrected chi connectivity index (χ3v) is 6.08. The fraction of sp³-hybridized carbons (Fsp3) is 0.478. The molecule has 0 N–H and O–H groups in total. The lowest BCUT2D eigenvalue weighted by molar-refractivity contribution is -0.132. The van der Waals surface area contributed by atoms with Crippen LogP contribution in [-0.4, -0.2) is 63.2 Å². The smallest absolute Gasteiger partial charge is 0.233 e. The predicted molar refractivity (Wildman–Crippen MR) is 117 cm³/mol. The summed E-state index contributed by atoms with van der Waals surface area (Å²) in [6.45, 7) is 1.14. The average Bonchev–Trinajstić information content (AvgIpc) is 3.24. The van der Waals surface area contributed by atoms with Gasteiger partial charge in [-0.1, -0.05) is 0 Å². The minimum Gasteiger partial charge on any atom is -0.480 e. The highest BCUT2D eigenvalue weighted by Crippen LogP contribution is 2.22. The van der Waals surface area contributed by atoms with Crippen molar-refractivity contribution < 1.29 is 19.1 Å². The summed E-state index contributed by atoms with van der Waals surface area (Å²) in [6, 6.07) is 6.86. The number of likely N-dealkylation sites (tertiary alicyclic amines) is 1. The highest BCUT2D eigenvalue weighted by atomic mass is 16.5. The van der Waals surface area contributed by atoms with E-state index in [1.165, 1.54) is 7.11 Å². The fourth-order valence-electron chi connectivity index (χ4n) is 4.21. The largest absolute Gasteiger partial charge is 0.480 e. The second kappa shape index (κ2) is 9.84. The van der Waals surface area contributed by atoms with Crippen LogP contribution in [-0.2, 0) is 4.79 Å². The molecule has 0 saturated carbocycles. The number of ether oxygens (including phenoxy) is 1. The van der Waals surface area contributed by atoms with Gasteiger partial charge in [0.1, 0.15) is 11.4 Å². The number of piperidine rings is 1. The van der Waals surface area contributed by atoms with E-state index < -0.39 is 0 Å². The van der Waals surface area contributed by atoms with E-state index in [9.17, 15) is 14.4 Å². The summed E-state index contributed by atoms with van der Waals surface area (Å²) in [7, 11) is 1.50. The Morgan fingerprint density at radius 3 is 2.66 bits per heavy atom. The van der Waals surface area contributed by atoms with Gasteiger partial charge in [-0.25, -0.2) is 4.68 Å². The van der Waals surface area contributed by atoms with Crippen LogP contribution >= 0.6 is 0 Å². The van der Waals surface area contributed by atoms with Crippen molar-refractivity contribution in [2.45, 2.75) is 44.9 Å². The number of ketones is 2. The van der Waals surface area contributed by atoms with Crippen molar-refractivity contribution in [2.24, 2.45) is 11.0 Å². The summed E-state index contributed by atoms with van der Waals surface area (Å²) in [4.78, 5) is 39.2. The lowest BCUT2D eigenvalue weighted by atomic mass is 9.90. The minimum atomic E-state index is -0.143. The number of Topliss-reactive ketones (excluding diaryl/α,β-unsaturated/α-hetero) is 2. The number of methoxy groups -OCH3 is 1. The molecule has 4 heterocycles. The molecule has 1 amide bonds. The van der Waals surface area contributed by atoms with Gasteiger partial charge in [-0.05, 0) is 50.3 Å². The van der Waals surface area contributed by atoms with Gasteiger partial charge in [0.2, 0.25) is 11.8 Å². The third kappa shape index (κ3) is 4.92. The monoisotopic (exact) mass is 437 g/mol. The summed E-state index contributed by atoms with van der Waals surface area (Å²) in [5, 5.41) is 12.4. The van der Waals surface area contributed by atoms with Crippen molar-refractivity contribution in [3.8, 4) is 5.88 Å². The quantitative estimate of drug-likeness (QED) is 0.617. The lowest BCUT2D eigenvalue weighted by Crippen LogP contribution is -2.40. The Hall–Kier alpha value is -3.36. The number of fused-ring (bicyclic) bond motifs is 1. The Labute approximate surface area is 186 Å². The van der Waals surface area contributed by atoms with Gasteiger partial charge < -0.3 is 9.64 Å². The standard InChI is InChI=1S/C23H27N5O4/c1-32-21-10-8-18(24-25-21)23(31)16-11-14-27(15-12-16)22(30)6-2-4-17-7-9-20(29)19-5-3-13-28(19)26-17/h3,5,8,10,13,16H,2,4,6-7,9,11-12,14-15H2,1H3. The Morgan fingerprint density at radius 1 is 1.12 bits per heavy atom. The molecule has 0 spiro atoms. The Balaban J connectivity index is 1.23. The van der Waals surface area contributed by atoms with Crippen LogP contribution in [0.1, 0.15) is 65.9 Å². The van der Waals surface area contributed by atoms with Gasteiger partial charge >= 0.3 is 0 Å². The van der Waals surface area contributed by atoms with Crippen molar-refractivity contribution in [1.82, 2.24) is 19.8 Å². The zero-order valence-corrected chi connectivity index (χ0v) is 18.2. The molecule has 2 aromatic heterocycles. The first-order valence-corrected chi connectivity index (χ1v) is 11.0. The van der Waals surface area contributed by atoms with Crippen molar-refractivity contribution in [1.29, 1.82) is 0 Å². The van der Waals surface area contributed by atoms with Crippen LogP contribution in [0.2, 0.25) is 0 Å². The summed E-state index contributed by atoms with van der Waals surface area (Å²) in [5.41, 5.74) is 1.91. The molecule has 0 aromatic carbocycles. The highest BCUT2D eigenvalue weighted by molar-refractivity contribution is 5.99. The van der Waals surface area contributed by atoms with Crippen LogP contribution in [0.25, 0.3) is 0 Å². The number of carbonyl (C=O) groups is 3. The Kier molecular flexibility index (Phi) is 6.72. The number of rotatable bonds is 7. The van der Waals surface area contributed by atoms with Gasteiger partial charge in [0.25, 0.3) is 0 Å². The van der Waals surface area contributed by atoms with Crippen LogP contribution in [0.4, 0.5) is 0 Å². The number of nitrogens with zero attached hydrogens (tertiary/aromatic N) is 5. The van der Waals surface area contributed by atoms with E-state index in [0.29, 0.717) is 75.3 Å². The van der Waals surface area contributed by atoms with E-state index in [-0.39, 0.29) is 23.4 Å². The van der Waals surface area contributed by atoms with Crippen molar-refractivity contribution in [3.63, 3.8) is 0 Å². The first-order valence-electron chi connectivity index (χ1n) is 11.0. The number of amides is 1. The lowest BCUT2D eigenvalue weighted by Gasteiger charge is -2.31. The predicted octanol–water partition coefficient (Wildman–Crippen LogP) is 2.76. The summed E-state index contributed by atoms with van der Waals surface area (Å²) >= 11 is 0. The molecule has 0 radical (unpaired) electrons. The molecule has 0 atom stereocenters. The van der Waals surface area contributed by atoms with Gasteiger partial charge in [0, 0.05) is 49.8 Å². The van der Waals surface area contributed by atoms with E-state index in [1.807, 2.05) is 11.0 Å². The van der Waals surface area contributed by atoms with Crippen LogP contribution in [0, 0.1) is 5.92 Å². The van der Waals surface area contributed by atoms with Gasteiger partial charge in [-0.2, -0.15) is 5.10 Å². The Bertz CT molecular complexity index is 1020. The molecule has 168 valence electrons. The molecule has 1 saturated heterocycles. The SMILES string of the molecule is COc1ccc(C(=O)C2CCN(C(=O)CCCC3=Nn4cccc4C(=O)CC3)CC2)nn1. The molecular weight excluding hydrogens is 410 g/mol. The zero-order chi connectivity index (χ0) is 22.5. The summed E-state index contributed by atoms with van der Waals surface area (Å²) in [6.07, 6.45) is 5.96. The maximum Gasteiger partial charge on any atom is 0.233 e. The highest BCUT2D eigenvalue weighted by Gasteiger charge is 2.28. The fourth-order valence-corrected chi connectivity index (χ4v) is 4.21. The molecule has 9 heteroatoms. The average molecular weight is 438 g/mol.